The number of hydrogen-bond acceptors (Lipinski definition) is 7. The molecule has 32 heavy (non-hydrogen) atoms. The van der Waals surface area contributed by atoms with E-state index in [9.17, 15) is 4.79 Å². The molecule has 1 saturated heterocycles. The lowest BCUT2D eigenvalue weighted by Gasteiger charge is -2.31. The monoisotopic (exact) mass is 436 g/mol. The van der Waals surface area contributed by atoms with Gasteiger partial charge in [0.25, 0.3) is 0 Å². The van der Waals surface area contributed by atoms with Crippen LogP contribution < -0.4 is 15.0 Å². The van der Waals surface area contributed by atoms with E-state index in [4.69, 9.17) is 9.47 Å². The lowest BCUT2D eigenvalue weighted by Crippen LogP contribution is -2.36. The number of aryl methyl sites for hydroxylation is 1. The lowest BCUT2D eigenvalue weighted by atomic mass is 9.86. The van der Waals surface area contributed by atoms with Crippen LogP contribution in [0.2, 0.25) is 0 Å². The molecule has 3 aromatic rings. The molecule has 2 aromatic heterocycles. The highest BCUT2D eigenvalue weighted by molar-refractivity contribution is 5.91. The fourth-order valence-corrected chi connectivity index (χ4v) is 4.44. The van der Waals surface area contributed by atoms with Gasteiger partial charge in [-0.2, -0.15) is 0 Å². The van der Waals surface area contributed by atoms with Crippen molar-refractivity contribution in [1.29, 1.82) is 0 Å². The maximum atomic E-state index is 12.6. The van der Waals surface area contributed by atoms with Crippen LogP contribution in [-0.4, -0.2) is 57.8 Å². The fourth-order valence-electron chi connectivity index (χ4n) is 4.44. The summed E-state index contributed by atoms with van der Waals surface area (Å²) in [5.41, 5.74) is 2.69. The molecule has 1 aromatic carbocycles. The molecule has 2 fully saturated rings. The topological polar surface area (TPSA) is 94.4 Å². The van der Waals surface area contributed by atoms with Crippen molar-refractivity contribution in [2.45, 2.75) is 31.8 Å². The minimum Gasteiger partial charge on any atom is -0.488 e. The van der Waals surface area contributed by atoms with Gasteiger partial charge in [0, 0.05) is 62.6 Å². The Morgan fingerprint density at radius 3 is 2.59 bits per heavy atom. The van der Waals surface area contributed by atoms with Gasteiger partial charge < -0.3 is 18.9 Å². The third-order valence-corrected chi connectivity index (χ3v) is 6.29. The Morgan fingerprint density at radius 1 is 1.06 bits per heavy atom. The quantitative estimate of drug-likeness (QED) is 0.657. The van der Waals surface area contributed by atoms with E-state index >= 15 is 0 Å². The minimum absolute atomic E-state index is 0.0252. The van der Waals surface area contributed by atoms with Crippen LogP contribution in [0.5, 0.6) is 5.75 Å². The largest absolute Gasteiger partial charge is 0.488 e. The van der Waals surface area contributed by atoms with Crippen LogP contribution in [0.3, 0.4) is 0 Å². The average Bonchev–Trinajstić information content (AvgIpc) is 3.24. The first-order valence-electron chi connectivity index (χ1n) is 11.2. The number of nitrogens with one attached hydrogen (secondary N) is 1. The number of morpholine rings is 1. The zero-order chi connectivity index (χ0) is 21.9. The van der Waals surface area contributed by atoms with E-state index in [1.807, 2.05) is 13.2 Å². The molecule has 1 aliphatic carbocycles. The molecule has 9 heteroatoms. The van der Waals surface area contributed by atoms with Gasteiger partial charge in [-0.1, -0.05) is 0 Å². The molecule has 0 radical (unpaired) electrons. The second kappa shape index (κ2) is 9.12. The van der Waals surface area contributed by atoms with E-state index in [1.54, 1.807) is 23.2 Å². The molecule has 0 unspecified atom stereocenters. The van der Waals surface area contributed by atoms with Gasteiger partial charge in [-0.25, -0.2) is 9.97 Å². The van der Waals surface area contributed by atoms with Crippen molar-refractivity contribution in [3.05, 3.63) is 36.9 Å². The zero-order valence-corrected chi connectivity index (χ0v) is 18.2. The number of carbonyl (C=O) groups is 1. The van der Waals surface area contributed by atoms with Crippen LogP contribution in [0.4, 0.5) is 11.6 Å². The number of ether oxygens (including phenoxy) is 2. The van der Waals surface area contributed by atoms with Gasteiger partial charge >= 0.3 is 0 Å². The van der Waals surface area contributed by atoms with Crippen LogP contribution in [0.25, 0.3) is 11.0 Å². The summed E-state index contributed by atoms with van der Waals surface area (Å²) in [6, 6.07) is 4.14. The first-order chi connectivity index (χ1) is 15.7. The minimum atomic E-state index is -0.0252. The van der Waals surface area contributed by atoms with Gasteiger partial charge in [0.2, 0.25) is 11.9 Å². The highest BCUT2D eigenvalue weighted by atomic mass is 16.5. The zero-order valence-electron chi connectivity index (χ0n) is 18.2. The van der Waals surface area contributed by atoms with Gasteiger partial charge in [0.1, 0.15) is 11.3 Å². The molecule has 1 N–H and O–H groups in total. The molecule has 1 saturated carbocycles. The maximum absolute atomic E-state index is 12.6. The molecule has 0 atom stereocenters. The average molecular weight is 437 g/mol. The first-order valence-corrected chi connectivity index (χ1v) is 11.2. The SMILES string of the molecule is Cn1ccnc1NC(=O)C1CCC(Oc2cc(N3CCOCC3)cc3nccnc23)CC1. The summed E-state index contributed by atoms with van der Waals surface area (Å²) >= 11 is 0. The molecule has 0 bridgehead atoms. The van der Waals surface area contributed by atoms with E-state index in [2.05, 4.69) is 37.3 Å². The molecule has 5 rings (SSSR count). The van der Waals surface area contributed by atoms with Crippen molar-refractivity contribution in [3.8, 4) is 5.75 Å². The lowest BCUT2D eigenvalue weighted by molar-refractivity contribution is -0.121. The summed E-state index contributed by atoms with van der Waals surface area (Å²) in [4.78, 5) is 28.1. The third kappa shape index (κ3) is 4.38. The predicted molar refractivity (Wildman–Crippen MR) is 121 cm³/mol. The van der Waals surface area contributed by atoms with Crippen molar-refractivity contribution in [2.24, 2.45) is 13.0 Å². The molecule has 168 valence electrons. The Kier molecular flexibility index (Phi) is 5.89. The Morgan fingerprint density at radius 2 is 1.84 bits per heavy atom. The van der Waals surface area contributed by atoms with Crippen LogP contribution >= 0.6 is 0 Å². The van der Waals surface area contributed by atoms with Crippen molar-refractivity contribution >= 4 is 28.6 Å². The Labute approximate surface area is 186 Å². The Balaban J connectivity index is 1.27. The summed E-state index contributed by atoms with van der Waals surface area (Å²) in [6.45, 7) is 3.14. The van der Waals surface area contributed by atoms with Gasteiger partial charge in [-0.05, 0) is 31.7 Å². The van der Waals surface area contributed by atoms with Gasteiger partial charge in [0.15, 0.2) is 0 Å². The van der Waals surface area contributed by atoms with E-state index in [0.29, 0.717) is 5.95 Å². The van der Waals surface area contributed by atoms with Crippen molar-refractivity contribution in [2.75, 3.05) is 36.5 Å². The summed E-state index contributed by atoms with van der Waals surface area (Å²) in [6.07, 6.45) is 10.2. The van der Waals surface area contributed by atoms with Crippen LogP contribution in [0.15, 0.2) is 36.9 Å². The molecular weight excluding hydrogens is 408 g/mol. The van der Waals surface area contributed by atoms with Gasteiger partial charge in [-0.15, -0.1) is 0 Å². The van der Waals surface area contributed by atoms with Crippen molar-refractivity contribution in [1.82, 2.24) is 19.5 Å². The van der Waals surface area contributed by atoms with E-state index in [-0.39, 0.29) is 17.9 Å². The molecule has 9 nitrogen and oxygen atoms in total. The number of anilines is 2. The second-order valence-electron chi connectivity index (χ2n) is 8.41. The highest BCUT2D eigenvalue weighted by Gasteiger charge is 2.28. The van der Waals surface area contributed by atoms with Crippen LogP contribution in [0.1, 0.15) is 25.7 Å². The van der Waals surface area contributed by atoms with E-state index < -0.39 is 0 Å². The molecule has 0 spiro atoms. The van der Waals surface area contributed by atoms with E-state index in [1.165, 1.54) is 0 Å². The molecule has 1 aliphatic heterocycles. The second-order valence-corrected chi connectivity index (χ2v) is 8.41. The standard InChI is InChI=1S/C23H28N6O3/c1-28-9-8-26-23(28)27-22(30)16-2-4-18(5-3-16)32-20-15-17(29-10-12-31-13-11-29)14-19-21(20)25-7-6-24-19/h6-9,14-16,18H,2-5,10-13H2,1H3,(H,26,27,30). The van der Waals surface area contributed by atoms with Crippen molar-refractivity contribution < 1.29 is 14.3 Å². The number of hydrogen-bond donors (Lipinski definition) is 1. The predicted octanol–water partition coefficient (Wildman–Crippen LogP) is 2.78. The van der Waals surface area contributed by atoms with Crippen molar-refractivity contribution in [3.63, 3.8) is 0 Å². The Hall–Kier alpha value is -3.20. The fraction of sp³-hybridized carbons (Fsp3) is 0.478. The van der Waals surface area contributed by atoms with Gasteiger partial charge in [0.05, 0.1) is 24.8 Å². The Bertz CT molecular complexity index is 1090. The number of fused-ring (bicyclic) bond motifs is 1. The summed E-state index contributed by atoms with van der Waals surface area (Å²) in [7, 11) is 1.87. The summed E-state index contributed by atoms with van der Waals surface area (Å²) in [5.74, 6) is 1.35. The number of rotatable bonds is 5. The molecule has 1 amide bonds. The first kappa shape index (κ1) is 20.7. The normalized spacial score (nSPS) is 21.5. The van der Waals surface area contributed by atoms with Gasteiger partial charge in [-0.3, -0.25) is 15.1 Å². The maximum Gasteiger partial charge on any atom is 0.229 e. The number of amides is 1. The van der Waals surface area contributed by atoms with Crippen LogP contribution in [-0.2, 0) is 16.6 Å². The number of carbonyl (C=O) groups excluding carboxylic acids is 1. The summed E-state index contributed by atoms with van der Waals surface area (Å²) in [5, 5.41) is 2.93. The number of benzene rings is 1. The number of nitrogens with zero attached hydrogens (tertiary/aromatic N) is 5. The third-order valence-electron chi connectivity index (χ3n) is 6.29. The number of imidazole rings is 1. The molecule has 3 heterocycles. The van der Waals surface area contributed by atoms with E-state index in [0.717, 1.165) is 74.5 Å². The molecule has 2 aliphatic rings. The number of aromatic nitrogens is 4. The molecular formula is C23H28N6O3. The summed E-state index contributed by atoms with van der Waals surface area (Å²) < 4.78 is 13.7. The van der Waals surface area contributed by atoms with Crippen LogP contribution in [0, 0.1) is 5.92 Å². The highest BCUT2D eigenvalue weighted by Crippen LogP contribution is 2.34. The smallest absolute Gasteiger partial charge is 0.229 e.